The Morgan fingerprint density at radius 1 is 1.29 bits per heavy atom. The number of nitrogens with zero attached hydrogens (tertiary/aromatic N) is 3. The van der Waals surface area contributed by atoms with Gasteiger partial charge >= 0.3 is 0 Å². The largest absolute Gasteiger partial charge is 0.288 e. The molecule has 3 rings (SSSR count). The van der Waals surface area contributed by atoms with Gasteiger partial charge in [0.05, 0.1) is 10.3 Å². The molecule has 0 amide bonds. The number of hydrogen-bond donors (Lipinski definition) is 1. The molecule has 0 radical (unpaired) electrons. The number of H-pyrrole nitrogens is 1. The highest BCUT2D eigenvalue weighted by Gasteiger charge is 2.16. The quantitative estimate of drug-likeness (QED) is 0.579. The molecule has 2 heterocycles. The van der Waals surface area contributed by atoms with Crippen molar-refractivity contribution < 1.29 is 4.92 Å². The van der Waals surface area contributed by atoms with Crippen molar-refractivity contribution in [2.75, 3.05) is 0 Å². The first-order valence-corrected chi connectivity index (χ1v) is 6.23. The van der Waals surface area contributed by atoms with Crippen LogP contribution in [0.25, 0.3) is 22.2 Å². The summed E-state index contributed by atoms with van der Waals surface area (Å²) >= 11 is 5.79. The summed E-state index contributed by atoms with van der Waals surface area (Å²) in [7, 11) is 0. The Labute approximate surface area is 122 Å². The number of nitro groups is 1. The van der Waals surface area contributed by atoms with Gasteiger partial charge in [-0.1, -0.05) is 17.7 Å². The molecule has 0 saturated heterocycles. The van der Waals surface area contributed by atoms with Crippen LogP contribution in [0, 0.1) is 10.1 Å². The van der Waals surface area contributed by atoms with Crippen LogP contribution >= 0.6 is 11.6 Å². The second-order valence-electron chi connectivity index (χ2n) is 4.22. The minimum Gasteiger partial charge on any atom is -0.267 e. The molecular weight excluding hydrogens is 296 g/mol. The van der Waals surface area contributed by atoms with E-state index in [4.69, 9.17) is 11.6 Å². The van der Waals surface area contributed by atoms with E-state index < -0.39 is 4.92 Å². The van der Waals surface area contributed by atoms with Gasteiger partial charge in [-0.3, -0.25) is 19.9 Å². The summed E-state index contributed by atoms with van der Waals surface area (Å²) in [6, 6.07) is 7.54. The van der Waals surface area contributed by atoms with E-state index in [9.17, 15) is 14.9 Å². The predicted molar refractivity (Wildman–Crippen MR) is 77.3 cm³/mol. The van der Waals surface area contributed by atoms with Crippen LogP contribution in [0.5, 0.6) is 0 Å². The maximum Gasteiger partial charge on any atom is 0.288 e. The topological polar surface area (TPSA) is 102 Å². The molecule has 3 aromatic rings. The third-order valence-corrected chi connectivity index (χ3v) is 3.28. The lowest BCUT2D eigenvalue weighted by Gasteiger charge is -2.04. The molecule has 0 atom stereocenters. The lowest BCUT2D eigenvalue weighted by atomic mass is 10.1. The third-order valence-electron chi connectivity index (χ3n) is 2.96. The third kappa shape index (κ3) is 2.23. The summed E-state index contributed by atoms with van der Waals surface area (Å²) in [6.07, 6.45) is 1.53. The minimum absolute atomic E-state index is 0.0328. The van der Waals surface area contributed by atoms with E-state index >= 15 is 0 Å². The standard InChI is InChI=1S/C13H7ClN4O3/c14-9-4-3-7(6-10(9)18(20)21)11-12-8(2-1-5-15-12)13(19)17-16-11/h1-6H,(H,17,19). The smallest absolute Gasteiger partial charge is 0.267 e. The highest BCUT2D eigenvalue weighted by molar-refractivity contribution is 6.32. The Morgan fingerprint density at radius 2 is 2.10 bits per heavy atom. The van der Waals surface area contributed by atoms with Gasteiger partial charge in [0.2, 0.25) is 0 Å². The molecule has 2 aromatic heterocycles. The van der Waals surface area contributed by atoms with Crippen molar-refractivity contribution >= 4 is 28.2 Å². The number of aromatic nitrogens is 3. The Balaban J connectivity index is 2.31. The molecule has 21 heavy (non-hydrogen) atoms. The van der Waals surface area contributed by atoms with Crippen LogP contribution < -0.4 is 5.56 Å². The zero-order chi connectivity index (χ0) is 15.0. The molecular formula is C13H7ClN4O3. The second-order valence-corrected chi connectivity index (χ2v) is 4.63. The van der Waals surface area contributed by atoms with Gasteiger partial charge < -0.3 is 0 Å². The molecule has 0 aliphatic carbocycles. The minimum atomic E-state index is -0.576. The monoisotopic (exact) mass is 302 g/mol. The van der Waals surface area contributed by atoms with E-state index in [1.165, 1.54) is 18.3 Å². The number of pyridine rings is 1. The fourth-order valence-electron chi connectivity index (χ4n) is 2.00. The predicted octanol–water partition coefficient (Wildman–Crippen LogP) is 2.55. The molecule has 0 aliphatic heterocycles. The summed E-state index contributed by atoms with van der Waals surface area (Å²) in [5, 5.41) is 17.6. The maximum atomic E-state index is 11.7. The van der Waals surface area contributed by atoms with Crippen molar-refractivity contribution in [3.63, 3.8) is 0 Å². The number of halogens is 1. The van der Waals surface area contributed by atoms with E-state index in [2.05, 4.69) is 15.2 Å². The molecule has 0 fully saturated rings. The van der Waals surface area contributed by atoms with Crippen molar-refractivity contribution in [1.29, 1.82) is 0 Å². The molecule has 8 heteroatoms. The van der Waals surface area contributed by atoms with Crippen molar-refractivity contribution in [1.82, 2.24) is 15.2 Å². The van der Waals surface area contributed by atoms with E-state index in [1.54, 1.807) is 18.2 Å². The van der Waals surface area contributed by atoms with Crippen LogP contribution in [0.4, 0.5) is 5.69 Å². The van der Waals surface area contributed by atoms with Crippen LogP contribution in [0.3, 0.4) is 0 Å². The number of nitrogens with one attached hydrogen (secondary N) is 1. The Hall–Kier alpha value is -2.80. The van der Waals surface area contributed by atoms with Gasteiger partial charge in [0.1, 0.15) is 16.2 Å². The lowest BCUT2D eigenvalue weighted by Crippen LogP contribution is -2.10. The number of fused-ring (bicyclic) bond motifs is 1. The first-order chi connectivity index (χ1) is 10.1. The molecule has 7 nitrogen and oxygen atoms in total. The lowest BCUT2D eigenvalue weighted by molar-refractivity contribution is -0.384. The van der Waals surface area contributed by atoms with Crippen LogP contribution in [-0.4, -0.2) is 20.1 Å². The first kappa shape index (κ1) is 13.2. The second kappa shape index (κ2) is 4.95. The number of rotatable bonds is 2. The highest BCUT2D eigenvalue weighted by atomic mass is 35.5. The molecule has 0 saturated carbocycles. The van der Waals surface area contributed by atoms with E-state index in [-0.39, 0.29) is 16.3 Å². The van der Waals surface area contributed by atoms with E-state index in [1.807, 2.05) is 0 Å². The van der Waals surface area contributed by atoms with Gasteiger partial charge in [-0.2, -0.15) is 5.10 Å². The van der Waals surface area contributed by atoms with Crippen LogP contribution in [0.15, 0.2) is 41.3 Å². The maximum absolute atomic E-state index is 11.7. The van der Waals surface area contributed by atoms with Gasteiger partial charge in [-0.05, 0) is 18.2 Å². The summed E-state index contributed by atoms with van der Waals surface area (Å²) < 4.78 is 0. The molecule has 0 unspecified atom stereocenters. The molecule has 0 bridgehead atoms. The van der Waals surface area contributed by atoms with Gasteiger partial charge in [0.25, 0.3) is 11.2 Å². The average molecular weight is 303 g/mol. The summed E-state index contributed by atoms with van der Waals surface area (Å²) in [5.74, 6) is 0. The van der Waals surface area contributed by atoms with E-state index in [0.29, 0.717) is 22.2 Å². The normalized spacial score (nSPS) is 10.7. The summed E-state index contributed by atoms with van der Waals surface area (Å²) in [6.45, 7) is 0. The fourth-order valence-corrected chi connectivity index (χ4v) is 2.18. The Kier molecular flexibility index (Phi) is 3.11. The van der Waals surface area contributed by atoms with Crippen molar-refractivity contribution in [3.8, 4) is 11.3 Å². The average Bonchev–Trinajstić information content (AvgIpc) is 2.48. The number of nitro benzene ring substituents is 1. The van der Waals surface area contributed by atoms with Crippen LogP contribution in [0.1, 0.15) is 0 Å². The summed E-state index contributed by atoms with van der Waals surface area (Å²) in [5.41, 5.74) is 0.574. The number of aromatic amines is 1. The van der Waals surface area contributed by atoms with E-state index in [0.717, 1.165) is 0 Å². The van der Waals surface area contributed by atoms with Crippen molar-refractivity contribution in [2.45, 2.75) is 0 Å². The first-order valence-electron chi connectivity index (χ1n) is 5.85. The highest BCUT2D eigenvalue weighted by Crippen LogP contribution is 2.31. The fraction of sp³-hybridized carbons (Fsp3) is 0. The number of benzene rings is 1. The van der Waals surface area contributed by atoms with Gasteiger partial charge in [-0.25, -0.2) is 5.10 Å². The Morgan fingerprint density at radius 3 is 2.86 bits per heavy atom. The molecule has 1 aromatic carbocycles. The molecule has 1 N–H and O–H groups in total. The summed E-state index contributed by atoms with van der Waals surface area (Å²) in [4.78, 5) is 26.2. The van der Waals surface area contributed by atoms with Crippen molar-refractivity contribution in [3.05, 3.63) is 62.0 Å². The zero-order valence-electron chi connectivity index (χ0n) is 10.4. The van der Waals surface area contributed by atoms with Gasteiger partial charge in [0.15, 0.2) is 0 Å². The Bertz CT molecular complexity index is 923. The molecule has 0 aliphatic rings. The zero-order valence-corrected chi connectivity index (χ0v) is 11.2. The van der Waals surface area contributed by atoms with Gasteiger partial charge in [-0.15, -0.1) is 0 Å². The van der Waals surface area contributed by atoms with Crippen molar-refractivity contribution in [2.24, 2.45) is 0 Å². The molecule has 0 spiro atoms. The number of hydrogen-bond acceptors (Lipinski definition) is 5. The van der Waals surface area contributed by atoms with Gasteiger partial charge in [0, 0.05) is 17.8 Å². The SMILES string of the molecule is O=c1[nH]nc(-c2ccc(Cl)c([N+](=O)[O-])c2)c2ncccc12. The van der Waals surface area contributed by atoms with Crippen LogP contribution in [-0.2, 0) is 0 Å². The molecule has 104 valence electrons. The van der Waals surface area contributed by atoms with Crippen LogP contribution in [0.2, 0.25) is 5.02 Å².